The molecule has 43 heavy (non-hydrogen) atoms. The Hall–Kier alpha value is -2.95. The average molecular weight is 627 g/mol. The molecule has 0 N–H and O–H groups in total. The molecule has 4 aromatic carbocycles. The highest BCUT2D eigenvalue weighted by Gasteiger charge is 2.51. The maximum absolute atomic E-state index is 3.42. The molecule has 4 aliphatic rings. The van der Waals surface area contributed by atoms with Crippen molar-refractivity contribution in [2.75, 3.05) is 0 Å². The standard InChI is InChI=1S/2C18H20Si2.C3H6/c1-19(2)15-11-7-5-9-13(15)18-17(19)14-10-6-8-12-16(14)20(18,3)4;1-19(2)17-11-7-5-9-15(17)13-14-16-10-6-8-12-18(16)20(19,3)4;1-2-3-1/h2*5-12H,1-4H3;1-3H2. The first-order valence-corrected chi connectivity index (χ1v) is 29.1. The van der Waals surface area contributed by atoms with E-state index in [4.69, 9.17) is 0 Å². The lowest BCUT2D eigenvalue weighted by Gasteiger charge is -2.41. The topological polar surface area (TPSA) is 0 Å². The van der Waals surface area contributed by atoms with Gasteiger partial charge in [0.15, 0.2) is 0 Å². The van der Waals surface area contributed by atoms with E-state index in [9.17, 15) is 0 Å². The summed E-state index contributed by atoms with van der Waals surface area (Å²) in [5.74, 6) is 6.84. The Morgan fingerprint density at radius 1 is 0.395 bits per heavy atom. The molecular weight excluding hydrogens is 581 g/mol. The molecule has 0 aromatic heterocycles. The Kier molecular flexibility index (Phi) is 7.62. The van der Waals surface area contributed by atoms with E-state index < -0.39 is 31.3 Å². The molecule has 0 atom stereocenters. The van der Waals surface area contributed by atoms with Gasteiger partial charge in [0.25, 0.3) is 0 Å². The van der Waals surface area contributed by atoms with Gasteiger partial charge in [0.1, 0.15) is 16.1 Å². The zero-order valence-electron chi connectivity index (χ0n) is 27.4. The van der Waals surface area contributed by atoms with Crippen LogP contribution in [-0.2, 0) is 0 Å². The van der Waals surface area contributed by atoms with E-state index >= 15 is 0 Å². The second kappa shape index (κ2) is 10.9. The molecule has 0 nitrogen and oxygen atoms in total. The fourth-order valence-electron chi connectivity index (χ4n) is 7.41. The number of hydrogen-bond donors (Lipinski definition) is 0. The lowest BCUT2D eigenvalue weighted by atomic mass is 10.1. The molecule has 3 heterocycles. The number of rotatable bonds is 0. The molecule has 1 saturated carbocycles. The van der Waals surface area contributed by atoms with Gasteiger partial charge in [0, 0.05) is 11.1 Å². The second-order valence-corrected chi connectivity index (χ2v) is 38.4. The van der Waals surface area contributed by atoms with Gasteiger partial charge in [-0.15, -0.1) is 0 Å². The SMILES string of the molecule is C1CC1.C[Si]1(C)C2=C(c3ccccc31)[Si](C)(C)c1ccccc12.C[Si]1(C)c2ccccc2C#Cc2ccccc2[Si]1(C)C. The fourth-order valence-corrected chi connectivity index (χ4v) is 25.5. The molecule has 8 rings (SSSR count). The van der Waals surface area contributed by atoms with E-state index in [1.54, 1.807) is 42.3 Å². The fraction of sp³-hybridized carbons (Fsp3) is 0.282. The summed E-state index contributed by atoms with van der Waals surface area (Å²) < 4.78 is 0. The van der Waals surface area contributed by atoms with Gasteiger partial charge in [-0.25, -0.2) is 0 Å². The van der Waals surface area contributed by atoms with E-state index in [1.807, 2.05) is 0 Å². The van der Waals surface area contributed by atoms with Crippen LogP contribution in [0.3, 0.4) is 0 Å². The summed E-state index contributed by atoms with van der Waals surface area (Å²) in [6.45, 7) is 20.2. The van der Waals surface area contributed by atoms with Crippen LogP contribution in [0.15, 0.2) is 97.1 Å². The van der Waals surface area contributed by atoms with Gasteiger partial charge in [-0.05, 0) is 54.4 Å². The van der Waals surface area contributed by atoms with Gasteiger partial charge in [-0.2, -0.15) is 0 Å². The molecule has 0 amide bonds. The van der Waals surface area contributed by atoms with Crippen LogP contribution in [-0.4, -0.2) is 31.3 Å². The molecule has 3 aliphatic heterocycles. The van der Waals surface area contributed by atoms with Crippen LogP contribution in [0.1, 0.15) is 41.5 Å². The Labute approximate surface area is 264 Å². The van der Waals surface area contributed by atoms with Crippen molar-refractivity contribution in [3.8, 4) is 11.8 Å². The summed E-state index contributed by atoms with van der Waals surface area (Å²) in [7, 11) is -6.11. The lowest BCUT2D eigenvalue weighted by Crippen LogP contribution is -2.70. The number of fused-ring (bicyclic) bond motifs is 6. The summed E-state index contributed by atoms with van der Waals surface area (Å²) in [6, 6.07) is 36.0. The molecule has 0 unspecified atom stereocenters. The van der Waals surface area contributed by atoms with Crippen molar-refractivity contribution in [2.24, 2.45) is 0 Å². The van der Waals surface area contributed by atoms with E-state index in [2.05, 4.69) is 161 Å². The minimum Gasteiger partial charge on any atom is -0.0670 e. The van der Waals surface area contributed by atoms with Crippen LogP contribution in [0.2, 0.25) is 52.4 Å². The van der Waals surface area contributed by atoms with Crippen molar-refractivity contribution in [2.45, 2.75) is 71.6 Å². The average Bonchev–Trinajstić information content (AvgIpc) is 3.83. The first-order chi connectivity index (χ1) is 20.4. The van der Waals surface area contributed by atoms with E-state index in [1.165, 1.54) is 30.4 Å². The maximum Gasteiger partial charge on any atom is 0.113 e. The van der Waals surface area contributed by atoms with Gasteiger partial charge in [-0.1, -0.05) is 168 Å². The minimum atomic E-state index is -1.54. The highest BCUT2D eigenvalue weighted by molar-refractivity contribution is 7.50. The third-order valence-electron chi connectivity index (χ3n) is 10.7. The molecule has 0 spiro atoms. The van der Waals surface area contributed by atoms with E-state index in [0.29, 0.717) is 0 Å². The predicted molar refractivity (Wildman–Crippen MR) is 201 cm³/mol. The molecular formula is C39H46Si4. The van der Waals surface area contributed by atoms with Crippen molar-refractivity contribution in [1.29, 1.82) is 0 Å². The Morgan fingerprint density at radius 3 is 1.05 bits per heavy atom. The monoisotopic (exact) mass is 626 g/mol. The van der Waals surface area contributed by atoms with Crippen LogP contribution in [0.25, 0.3) is 10.4 Å². The predicted octanol–water partition coefficient (Wildman–Crippen LogP) is 7.71. The number of benzene rings is 4. The molecule has 4 heteroatoms. The largest absolute Gasteiger partial charge is 0.113 e. The van der Waals surface area contributed by atoms with Crippen LogP contribution < -0.4 is 20.7 Å². The van der Waals surface area contributed by atoms with Crippen LogP contribution >= 0.6 is 0 Å². The summed E-state index contributed by atoms with van der Waals surface area (Å²) >= 11 is 0. The first kappa shape index (κ1) is 30.1. The van der Waals surface area contributed by atoms with Crippen LogP contribution in [0, 0.1) is 11.8 Å². The summed E-state index contributed by atoms with van der Waals surface area (Å²) in [5, 5.41) is 9.87. The van der Waals surface area contributed by atoms with Gasteiger partial charge in [-0.3, -0.25) is 0 Å². The summed E-state index contributed by atoms with van der Waals surface area (Å²) in [6.07, 6.45) is 4.50. The first-order valence-electron chi connectivity index (χ1n) is 16.1. The molecule has 0 saturated heterocycles. The molecule has 0 bridgehead atoms. The third-order valence-corrected chi connectivity index (χ3v) is 35.7. The van der Waals surface area contributed by atoms with Crippen molar-refractivity contribution >= 4 is 62.5 Å². The third kappa shape index (κ3) is 4.95. The molecule has 1 fully saturated rings. The van der Waals surface area contributed by atoms with Crippen molar-refractivity contribution < 1.29 is 0 Å². The van der Waals surface area contributed by atoms with Gasteiger partial charge in [0.2, 0.25) is 0 Å². The highest BCUT2D eigenvalue weighted by atomic mass is 29.3. The van der Waals surface area contributed by atoms with Gasteiger partial charge < -0.3 is 0 Å². The Bertz CT molecular complexity index is 1680. The van der Waals surface area contributed by atoms with E-state index in [0.717, 1.165) is 0 Å². The summed E-state index contributed by atoms with van der Waals surface area (Å²) in [4.78, 5) is 0. The van der Waals surface area contributed by atoms with Crippen LogP contribution in [0.4, 0.5) is 0 Å². The minimum absolute atomic E-state index is 1.25. The summed E-state index contributed by atoms with van der Waals surface area (Å²) in [5.41, 5.74) is 5.65. The molecule has 0 radical (unpaired) electrons. The molecule has 218 valence electrons. The lowest BCUT2D eigenvalue weighted by molar-refractivity contribution is 1.50. The highest BCUT2D eigenvalue weighted by Crippen LogP contribution is 2.48. The van der Waals surface area contributed by atoms with Crippen molar-refractivity contribution in [3.05, 3.63) is 119 Å². The molecule has 1 aliphatic carbocycles. The van der Waals surface area contributed by atoms with E-state index in [-0.39, 0.29) is 0 Å². The smallest absolute Gasteiger partial charge is 0.0670 e. The Balaban J connectivity index is 0.000000139. The molecule has 4 aromatic rings. The Morgan fingerprint density at radius 2 is 0.698 bits per heavy atom. The normalized spacial score (nSPS) is 19.5. The van der Waals surface area contributed by atoms with Gasteiger partial charge in [0.05, 0.1) is 15.2 Å². The maximum atomic E-state index is 3.42. The van der Waals surface area contributed by atoms with Crippen LogP contribution in [0.5, 0.6) is 0 Å². The van der Waals surface area contributed by atoms with Gasteiger partial charge >= 0.3 is 0 Å². The van der Waals surface area contributed by atoms with Crippen molar-refractivity contribution in [1.82, 2.24) is 0 Å². The van der Waals surface area contributed by atoms with Crippen molar-refractivity contribution in [3.63, 3.8) is 0 Å². The second-order valence-electron chi connectivity index (χ2n) is 14.7. The number of hydrogen-bond acceptors (Lipinski definition) is 0. The zero-order valence-corrected chi connectivity index (χ0v) is 31.4. The zero-order chi connectivity index (χ0) is 30.6. The quantitative estimate of drug-likeness (QED) is 0.139.